The summed E-state index contributed by atoms with van der Waals surface area (Å²) in [5.41, 5.74) is -2.41. The third-order valence-corrected chi connectivity index (χ3v) is 6.78. The largest absolute Gasteiger partial charge is 0.395 e. The van der Waals surface area contributed by atoms with E-state index < -0.39 is 11.0 Å². The van der Waals surface area contributed by atoms with E-state index in [1.807, 2.05) is 0 Å². The fraction of sp³-hybridized carbons (Fsp3) is 1.00. The van der Waals surface area contributed by atoms with E-state index >= 15 is 0 Å². The van der Waals surface area contributed by atoms with Crippen molar-refractivity contribution in [1.82, 2.24) is 0 Å². The van der Waals surface area contributed by atoms with Crippen LogP contribution in [0.2, 0.25) is 0 Å². The molecule has 4 nitrogen and oxygen atoms in total. The highest BCUT2D eigenvalue weighted by Gasteiger charge is 2.48. The van der Waals surface area contributed by atoms with E-state index in [1.54, 1.807) is 0 Å². The Morgan fingerprint density at radius 2 is 0.724 bits per heavy atom. The summed E-state index contributed by atoms with van der Waals surface area (Å²) < 4.78 is 0. The normalized spacial score (nSPS) is 14.3. The zero-order chi connectivity index (χ0) is 21.8. The first-order valence-corrected chi connectivity index (χ1v) is 12.6. The minimum absolute atomic E-state index is 0.385. The van der Waals surface area contributed by atoms with Crippen molar-refractivity contribution in [3.8, 4) is 0 Å². The summed E-state index contributed by atoms with van der Waals surface area (Å²) in [6.07, 6.45) is 20.2. The van der Waals surface area contributed by atoms with Crippen LogP contribution < -0.4 is 0 Å². The van der Waals surface area contributed by atoms with Gasteiger partial charge < -0.3 is 20.4 Å². The predicted molar refractivity (Wildman–Crippen MR) is 123 cm³/mol. The van der Waals surface area contributed by atoms with Crippen LogP contribution >= 0.6 is 0 Å². The van der Waals surface area contributed by atoms with Crippen LogP contribution in [0, 0.1) is 5.41 Å². The van der Waals surface area contributed by atoms with Gasteiger partial charge in [-0.15, -0.1) is 0 Å². The molecule has 0 saturated heterocycles. The molecular formula is C25H52O4. The van der Waals surface area contributed by atoms with Crippen LogP contribution in [0.25, 0.3) is 0 Å². The Bertz CT molecular complexity index is 335. The van der Waals surface area contributed by atoms with Gasteiger partial charge in [0.2, 0.25) is 0 Å². The van der Waals surface area contributed by atoms with Gasteiger partial charge in [0, 0.05) is 0 Å². The topological polar surface area (TPSA) is 80.9 Å². The standard InChI is InChI=1S/C25H52O4/c1-3-5-7-9-11-12-13-14-16-18-20-25(29,24(21-26,22-27)23-28)19-17-15-10-8-6-4-2/h26-29H,3-23H2,1-2H3. The van der Waals surface area contributed by atoms with Crippen LogP contribution in [-0.4, -0.2) is 45.8 Å². The zero-order valence-electron chi connectivity index (χ0n) is 19.6. The summed E-state index contributed by atoms with van der Waals surface area (Å²) in [5.74, 6) is 0. The van der Waals surface area contributed by atoms with Gasteiger partial charge in [-0.25, -0.2) is 0 Å². The van der Waals surface area contributed by atoms with Crippen molar-refractivity contribution < 1.29 is 20.4 Å². The molecule has 176 valence electrons. The molecule has 0 aliphatic heterocycles. The number of hydrogen-bond donors (Lipinski definition) is 4. The van der Waals surface area contributed by atoms with Gasteiger partial charge in [0.05, 0.1) is 30.8 Å². The Morgan fingerprint density at radius 3 is 1.00 bits per heavy atom. The first kappa shape index (κ1) is 28.8. The Labute approximate surface area is 181 Å². The van der Waals surface area contributed by atoms with E-state index in [0.29, 0.717) is 12.8 Å². The SMILES string of the molecule is CCCCCCCCCCCCC(O)(CCCCCCCC)C(CO)(CO)CO. The van der Waals surface area contributed by atoms with Crippen molar-refractivity contribution in [1.29, 1.82) is 0 Å². The summed E-state index contributed by atoms with van der Waals surface area (Å²) in [7, 11) is 0. The van der Waals surface area contributed by atoms with Gasteiger partial charge in [0.15, 0.2) is 0 Å². The van der Waals surface area contributed by atoms with Crippen molar-refractivity contribution >= 4 is 0 Å². The molecule has 0 aromatic rings. The molecule has 0 radical (unpaired) electrons. The number of aliphatic hydroxyl groups is 4. The van der Waals surface area contributed by atoms with Gasteiger partial charge in [-0.3, -0.25) is 0 Å². The molecule has 0 bridgehead atoms. The maximum atomic E-state index is 11.4. The predicted octanol–water partition coefficient (Wildman–Crippen LogP) is 5.74. The second-order valence-corrected chi connectivity index (χ2v) is 9.24. The van der Waals surface area contributed by atoms with E-state index in [-0.39, 0.29) is 19.8 Å². The summed E-state index contributed by atoms with van der Waals surface area (Å²) in [6.45, 7) is 3.29. The van der Waals surface area contributed by atoms with E-state index in [9.17, 15) is 20.4 Å². The first-order valence-electron chi connectivity index (χ1n) is 12.6. The Kier molecular flexibility index (Phi) is 18.5. The van der Waals surface area contributed by atoms with E-state index in [0.717, 1.165) is 32.1 Å². The lowest BCUT2D eigenvalue weighted by Gasteiger charge is -2.44. The second kappa shape index (κ2) is 18.6. The van der Waals surface area contributed by atoms with Crippen LogP contribution in [0.4, 0.5) is 0 Å². The minimum atomic E-state index is -1.21. The molecule has 4 N–H and O–H groups in total. The van der Waals surface area contributed by atoms with E-state index in [4.69, 9.17) is 0 Å². The number of unbranched alkanes of at least 4 members (excludes halogenated alkanes) is 14. The summed E-state index contributed by atoms with van der Waals surface area (Å²) in [6, 6.07) is 0. The molecule has 1 unspecified atom stereocenters. The van der Waals surface area contributed by atoms with Crippen LogP contribution in [0.5, 0.6) is 0 Å². The zero-order valence-corrected chi connectivity index (χ0v) is 19.6. The molecule has 0 rings (SSSR count). The van der Waals surface area contributed by atoms with E-state index in [2.05, 4.69) is 13.8 Å². The second-order valence-electron chi connectivity index (χ2n) is 9.24. The molecule has 0 heterocycles. The quantitative estimate of drug-likeness (QED) is 0.170. The molecule has 0 aromatic heterocycles. The number of hydrogen-bond acceptors (Lipinski definition) is 4. The third kappa shape index (κ3) is 11.7. The highest BCUT2D eigenvalue weighted by Crippen LogP contribution is 2.39. The molecule has 1 atom stereocenters. The fourth-order valence-corrected chi connectivity index (χ4v) is 4.35. The molecule has 4 heteroatoms. The van der Waals surface area contributed by atoms with Crippen LogP contribution in [0.3, 0.4) is 0 Å². The van der Waals surface area contributed by atoms with Crippen molar-refractivity contribution in [2.75, 3.05) is 19.8 Å². The van der Waals surface area contributed by atoms with Crippen LogP contribution in [-0.2, 0) is 0 Å². The first-order chi connectivity index (χ1) is 14.1. The molecule has 0 saturated carbocycles. The Morgan fingerprint density at radius 1 is 0.448 bits per heavy atom. The molecule has 0 aromatic carbocycles. The van der Waals surface area contributed by atoms with Crippen molar-refractivity contribution in [2.24, 2.45) is 5.41 Å². The van der Waals surface area contributed by atoms with Gasteiger partial charge in [-0.1, -0.05) is 117 Å². The highest BCUT2D eigenvalue weighted by molar-refractivity contribution is 4.98. The summed E-state index contributed by atoms with van der Waals surface area (Å²) >= 11 is 0. The van der Waals surface area contributed by atoms with Gasteiger partial charge in [-0.05, 0) is 12.8 Å². The molecular weight excluding hydrogens is 364 g/mol. The monoisotopic (exact) mass is 416 g/mol. The van der Waals surface area contributed by atoms with Gasteiger partial charge >= 0.3 is 0 Å². The Balaban J connectivity index is 4.35. The molecule has 0 amide bonds. The Hall–Kier alpha value is -0.160. The lowest BCUT2D eigenvalue weighted by Crippen LogP contribution is -2.55. The van der Waals surface area contributed by atoms with Crippen LogP contribution in [0.1, 0.15) is 129 Å². The molecule has 0 aliphatic carbocycles. The fourth-order valence-electron chi connectivity index (χ4n) is 4.35. The maximum absolute atomic E-state index is 11.4. The van der Waals surface area contributed by atoms with Crippen molar-refractivity contribution in [2.45, 2.75) is 135 Å². The average Bonchev–Trinajstić information content (AvgIpc) is 2.73. The lowest BCUT2D eigenvalue weighted by molar-refractivity contribution is -0.162. The average molecular weight is 417 g/mol. The summed E-state index contributed by atoms with van der Waals surface area (Å²) in [4.78, 5) is 0. The van der Waals surface area contributed by atoms with Crippen molar-refractivity contribution in [3.05, 3.63) is 0 Å². The third-order valence-electron chi connectivity index (χ3n) is 6.78. The molecule has 0 aliphatic rings. The number of rotatable bonds is 22. The smallest absolute Gasteiger partial charge is 0.0770 e. The van der Waals surface area contributed by atoms with Gasteiger partial charge in [0.25, 0.3) is 0 Å². The van der Waals surface area contributed by atoms with E-state index in [1.165, 1.54) is 70.6 Å². The number of aliphatic hydroxyl groups excluding tert-OH is 3. The molecule has 0 fully saturated rings. The highest BCUT2D eigenvalue weighted by atomic mass is 16.3. The minimum Gasteiger partial charge on any atom is -0.395 e. The summed E-state index contributed by atoms with van der Waals surface area (Å²) in [5, 5.41) is 41.0. The van der Waals surface area contributed by atoms with Gasteiger partial charge in [-0.2, -0.15) is 0 Å². The van der Waals surface area contributed by atoms with Gasteiger partial charge in [0.1, 0.15) is 0 Å². The maximum Gasteiger partial charge on any atom is 0.0770 e. The lowest BCUT2D eigenvalue weighted by atomic mass is 9.68. The molecule has 0 spiro atoms. The van der Waals surface area contributed by atoms with Crippen molar-refractivity contribution in [3.63, 3.8) is 0 Å². The molecule has 29 heavy (non-hydrogen) atoms. The van der Waals surface area contributed by atoms with Crippen LogP contribution in [0.15, 0.2) is 0 Å².